The molecule has 0 saturated carbocycles. The minimum Gasteiger partial charge on any atom is -0.269 e. The highest BCUT2D eigenvalue weighted by molar-refractivity contribution is 6.30. The lowest BCUT2D eigenvalue weighted by molar-refractivity contribution is 0.916. The van der Waals surface area contributed by atoms with Gasteiger partial charge >= 0.3 is 0 Å². The maximum Gasteiger partial charge on any atom is 0.258 e. The minimum absolute atomic E-state index is 0.0928. The topological polar surface area (TPSA) is 34.9 Å². The molecule has 0 unspecified atom stereocenters. The Labute approximate surface area is 92.0 Å². The second-order valence-electron chi connectivity index (χ2n) is 3.21. The lowest BCUT2D eigenvalue weighted by atomic mass is 10.3. The van der Waals surface area contributed by atoms with Crippen molar-refractivity contribution in [3.63, 3.8) is 0 Å². The summed E-state index contributed by atoms with van der Waals surface area (Å²) in [5, 5.41) is 0.645. The van der Waals surface area contributed by atoms with E-state index in [0.29, 0.717) is 10.7 Å². The van der Waals surface area contributed by atoms with Crippen molar-refractivity contribution in [2.75, 3.05) is 0 Å². The predicted molar refractivity (Wildman–Crippen MR) is 59.6 cm³/mol. The van der Waals surface area contributed by atoms with Gasteiger partial charge in [-0.1, -0.05) is 11.6 Å². The van der Waals surface area contributed by atoms with Crippen LogP contribution in [0, 0.1) is 6.92 Å². The summed E-state index contributed by atoms with van der Waals surface area (Å²) in [5.74, 6) is 0. The van der Waals surface area contributed by atoms with Crippen LogP contribution in [0.1, 0.15) is 5.69 Å². The average Bonchev–Trinajstić information content (AvgIpc) is 2.20. The quantitative estimate of drug-likeness (QED) is 0.739. The van der Waals surface area contributed by atoms with Gasteiger partial charge in [0.15, 0.2) is 0 Å². The minimum atomic E-state index is -0.0928. The van der Waals surface area contributed by atoms with Crippen molar-refractivity contribution >= 4 is 11.6 Å². The van der Waals surface area contributed by atoms with Crippen molar-refractivity contribution in [2.45, 2.75) is 6.92 Å². The molecular formula is C11H9ClN2O. The molecule has 0 atom stereocenters. The Morgan fingerprint density at radius 2 is 1.93 bits per heavy atom. The number of rotatable bonds is 1. The van der Waals surface area contributed by atoms with Crippen LogP contribution < -0.4 is 5.56 Å². The van der Waals surface area contributed by atoms with Gasteiger partial charge in [-0.25, -0.2) is 4.98 Å². The number of nitrogens with zero attached hydrogens (tertiary/aromatic N) is 2. The van der Waals surface area contributed by atoms with E-state index in [-0.39, 0.29) is 5.56 Å². The number of benzene rings is 1. The van der Waals surface area contributed by atoms with E-state index in [0.717, 1.165) is 5.69 Å². The van der Waals surface area contributed by atoms with Gasteiger partial charge in [-0.05, 0) is 31.2 Å². The Morgan fingerprint density at radius 1 is 1.27 bits per heavy atom. The molecule has 2 aromatic rings. The van der Waals surface area contributed by atoms with Gasteiger partial charge in [0.2, 0.25) is 0 Å². The van der Waals surface area contributed by atoms with Gasteiger partial charge in [-0.3, -0.25) is 9.36 Å². The van der Waals surface area contributed by atoms with Crippen LogP contribution in [0.5, 0.6) is 0 Å². The van der Waals surface area contributed by atoms with Gasteiger partial charge in [-0.2, -0.15) is 0 Å². The summed E-state index contributed by atoms with van der Waals surface area (Å²) in [5.41, 5.74) is 1.38. The highest BCUT2D eigenvalue weighted by atomic mass is 35.5. The fourth-order valence-electron chi connectivity index (χ4n) is 1.29. The largest absolute Gasteiger partial charge is 0.269 e. The van der Waals surface area contributed by atoms with Crippen LogP contribution in [-0.4, -0.2) is 9.55 Å². The summed E-state index contributed by atoms with van der Waals surface area (Å²) in [4.78, 5) is 15.7. The van der Waals surface area contributed by atoms with Crippen LogP contribution in [0.15, 0.2) is 41.5 Å². The second kappa shape index (κ2) is 3.87. The second-order valence-corrected chi connectivity index (χ2v) is 3.65. The highest BCUT2D eigenvalue weighted by Crippen LogP contribution is 2.11. The molecule has 0 amide bonds. The number of aryl methyl sites for hydroxylation is 1. The Hall–Kier alpha value is -1.61. The van der Waals surface area contributed by atoms with E-state index in [2.05, 4.69) is 4.98 Å². The van der Waals surface area contributed by atoms with Gasteiger partial charge in [-0.15, -0.1) is 0 Å². The van der Waals surface area contributed by atoms with Crippen LogP contribution in [0.4, 0.5) is 0 Å². The molecule has 1 aromatic heterocycles. The molecule has 15 heavy (non-hydrogen) atoms. The monoisotopic (exact) mass is 220 g/mol. The van der Waals surface area contributed by atoms with E-state index in [9.17, 15) is 4.79 Å². The van der Waals surface area contributed by atoms with E-state index in [4.69, 9.17) is 11.6 Å². The Kier molecular flexibility index (Phi) is 2.56. The van der Waals surface area contributed by atoms with Crippen molar-refractivity contribution < 1.29 is 0 Å². The SMILES string of the molecule is Cc1cc(=O)n(-c2ccc(Cl)cc2)cn1. The summed E-state index contributed by atoms with van der Waals surface area (Å²) >= 11 is 5.76. The molecule has 4 heteroatoms. The van der Waals surface area contributed by atoms with Gasteiger partial charge in [0.05, 0.1) is 5.69 Å². The van der Waals surface area contributed by atoms with Crippen LogP contribution in [-0.2, 0) is 0 Å². The Balaban J connectivity index is 2.55. The van der Waals surface area contributed by atoms with E-state index in [1.807, 2.05) is 0 Å². The first-order valence-corrected chi connectivity index (χ1v) is 4.86. The molecule has 3 nitrogen and oxygen atoms in total. The van der Waals surface area contributed by atoms with Gasteiger partial charge in [0.1, 0.15) is 6.33 Å². The summed E-state index contributed by atoms with van der Waals surface area (Å²) in [7, 11) is 0. The van der Waals surface area contributed by atoms with Gasteiger partial charge in [0, 0.05) is 16.8 Å². The molecule has 0 aliphatic rings. The normalized spacial score (nSPS) is 10.3. The van der Waals surface area contributed by atoms with Crippen LogP contribution in [0.25, 0.3) is 5.69 Å². The van der Waals surface area contributed by atoms with Crippen LogP contribution >= 0.6 is 11.6 Å². The lowest BCUT2D eigenvalue weighted by Crippen LogP contribution is -2.17. The van der Waals surface area contributed by atoms with Crippen LogP contribution in [0.3, 0.4) is 0 Å². The smallest absolute Gasteiger partial charge is 0.258 e. The molecule has 0 aliphatic heterocycles. The van der Waals surface area contributed by atoms with E-state index < -0.39 is 0 Å². The molecule has 1 heterocycles. The average molecular weight is 221 g/mol. The van der Waals surface area contributed by atoms with E-state index >= 15 is 0 Å². The molecular weight excluding hydrogens is 212 g/mol. The maximum absolute atomic E-state index is 11.6. The lowest BCUT2D eigenvalue weighted by Gasteiger charge is -2.04. The van der Waals surface area contributed by atoms with Crippen molar-refractivity contribution in [2.24, 2.45) is 0 Å². The zero-order valence-corrected chi connectivity index (χ0v) is 8.90. The molecule has 0 bridgehead atoms. The summed E-state index contributed by atoms with van der Waals surface area (Å²) < 4.78 is 1.48. The Bertz CT molecular complexity index is 531. The highest BCUT2D eigenvalue weighted by Gasteiger charge is 1.99. The van der Waals surface area contributed by atoms with Crippen molar-refractivity contribution in [1.82, 2.24) is 9.55 Å². The predicted octanol–water partition coefficient (Wildman–Crippen LogP) is 2.19. The van der Waals surface area contributed by atoms with Crippen LogP contribution in [0.2, 0.25) is 5.02 Å². The van der Waals surface area contributed by atoms with Crippen molar-refractivity contribution in [1.29, 1.82) is 0 Å². The Morgan fingerprint density at radius 3 is 2.53 bits per heavy atom. The van der Waals surface area contributed by atoms with Crippen molar-refractivity contribution in [3.05, 3.63) is 57.7 Å². The third-order valence-electron chi connectivity index (χ3n) is 2.05. The number of halogens is 1. The molecule has 0 N–H and O–H groups in total. The first kappa shape index (κ1) is 9.93. The first-order chi connectivity index (χ1) is 7.16. The van der Waals surface area contributed by atoms with E-state index in [1.54, 1.807) is 31.2 Å². The third-order valence-corrected chi connectivity index (χ3v) is 2.30. The molecule has 0 radical (unpaired) electrons. The van der Waals surface area contributed by atoms with Crippen molar-refractivity contribution in [3.8, 4) is 5.69 Å². The number of hydrogen-bond donors (Lipinski definition) is 0. The zero-order chi connectivity index (χ0) is 10.8. The van der Waals surface area contributed by atoms with E-state index in [1.165, 1.54) is 17.0 Å². The van der Waals surface area contributed by atoms with Gasteiger partial charge in [0.25, 0.3) is 5.56 Å². The molecule has 1 aromatic carbocycles. The molecule has 2 rings (SSSR count). The maximum atomic E-state index is 11.6. The fourth-order valence-corrected chi connectivity index (χ4v) is 1.41. The molecule has 0 aliphatic carbocycles. The third kappa shape index (κ3) is 2.07. The molecule has 76 valence electrons. The standard InChI is InChI=1S/C11H9ClN2O/c1-8-6-11(15)14(7-13-8)10-4-2-9(12)3-5-10/h2-7H,1H3. The number of aromatic nitrogens is 2. The van der Waals surface area contributed by atoms with Gasteiger partial charge < -0.3 is 0 Å². The molecule has 0 saturated heterocycles. The zero-order valence-electron chi connectivity index (χ0n) is 8.14. The fraction of sp³-hybridized carbons (Fsp3) is 0.0909. The number of hydrogen-bond acceptors (Lipinski definition) is 2. The first-order valence-electron chi connectivity index (χ1n) is 4.48. The summed E-state index contributed by atoms with van der Waals surface area (Å²) in [6.45, 7) is 1.79. The molecule has 0 spiro atoms. The summed E-state index contributed by atoms with van der Waals surface area (Å²) in [6.07, 6.45) is 1.51. The summed E-state index contributed by atoms with van der Waals surface area (Å²) in [6, 6.07) is 8.53. The molecule has 0 fully saturated rings.